The maximum absolute atomic E-state index is 7.49. The van der Waals surface area contributed by atoms with Crippen LogP contribution in [0.4, 0.5) is 11.4 Å². The molecule has 0 aliphatic heterocycles. The molecule has 3 rings (SSSR count). The lowest BCUT2D eigenvalue weighted by atomic mass is 9.95. The summed E-state index contributed by atoms with van der Waals surface area (Å²) in [6.45, 7) is 11.9. The van der Waals surface area contributed by atoms with Crippen molar-refractivity contribution in [2.24, 2.45) is 10.2 Å². The summed E-state index contributed by atoms with van der Waals surface area (Å²) in [7, 11) is 0. The van der Waals surface area contributed by atoms with Gasteiger partial charge in [0.2, 0.25) is 0 Å². The Morgan fingerprint density at radius 1 is 0.638 bits per heavy atom. The van der Waals surface area contributed by atoms with Gasteiger partial charge in [-0.1, -0.05) is 142 Å². The number of hydrogen-bond acceptors (Lipinski definition) is 4. The first kappa shape index (κ1) is 38.2. The Labute approximate surface area is 287 Å². The highest BCUT2D eigenvalue weighted by Gasteiger charge is 2.13. The number of ether oxygens (including phenoxy) is 1. The van der Waals surface area contributed by atoms with Gasteiger partial charge in [-0.15, -0.1) is 5.11 Å². The molecule has 0 bridgehead atoms. The van der Waals surface area contributed by atoms with E-state index in [4.69, 9.17) is 20.4 Å². The van der Waals surface area contributed by atoms with E-state index in [1.165, 1.54) is 112 Å². The van der Waals surface area contributed by atoms with Gasteiger partial charge in [0, 0.05) is 6.21 Å². The molecule has 0 aromatic heterocycles. The normalized spacial score (nSPS) is 12.1. The highest BCUT2D eigenvalue weighted by molar-refractivity contribution is 5.79. The lowest BCUT2D eigenvalue weighted by Gasteiger charge is -2.16. The second-order valence-corrected chi connectivity index (χ2v) is 13.3. The van der Waals surface area contributed by atoms with Crippen LogP contribution in [0, 0.1) is 5.41 Å². The minimum Gasteiger partial charge on any atom is -0.493 e. The van der Waals surface area contributed by atoms with Crippen LogP contribution in [0.1, 0.15) is 159 Å². The first-order valence-electron chi connectivity index (χ1n) is 19.0. The van der Waals surface area contributed by atoms with E-state index in [0.29, 0.717) is 5.92 Å². The zero-order valence-corrected chi connectivity index (χ0v) is 30.4. The number of aryl methyl sites for hydroxylation is 2. The fourth-order valence-corrected chi connectivity index (χ4v) is 6.29. The molecule has 256 valence electrons. The third-order valence-electron chi connectivity index (χ3n) is 9.60. The molecular weight excluding hydrogens is 574 g/mol. The van der Waals surface area contributed by atoms with Gasteiger partial charge in [-0.2, -0.15) is 5.11 Å². The molecule has 0 fully saturated rings. The Bertz CT molecular complexity index is 1320. The van der Waals surface area contributed by atoms with E-state index in [9.17, 15) is 0 Å². The average molecular weight is 638 g/mol. The summed E-state index contributed by atoms with van der Waals surface area (Å²) in [5.41, 5.74) is 8.75. The molecule has 4 nitrogen and oxygen atoms in total. The Kier molecular flexibility index (Phi) is 18.1. The minimum atomic E-state index is 0.396. The summed E-state index contributed by atoms with van der Waals surface area (Å²) >= 11 is 0. The van der Waals surface area contributed by atoms with E-state index < -0.39 is 0 Å². The van der Waals surface area contributed by atoms with Crippen molar-refractivity contribution in [3.8, 4) is 16.9 Å². The van der Waals surface area contributed by atoms with Crippen molar-refractivity contribution in [3.63, 3.8) is 0 Å². The zero-order chi connectivity index (χ0) is 33.7. The third kappa shape index (κ3) is 13.0. The maximum Gasteiger partial charge on any atom is 0.122 e. The maximum atomic E-state index is 7.49. The van der Waals surface area contributed by atoms with Crippen LogP contribution in [0.25, 0.3) is 11.1 Å². The van der Waals surface area contributed by atoms with Crippen LogP contribution in [-0.4, -0.2) is 12.8 Å². The fraction of sp³-hybridized carbons (Fsp3) is 0.558. The van der Waals surface area contributed by atoms with Gasteiger partial charge in [-0.3, -0.25) is 0 Å². The molecule has 1 atom stereocenters. The van der Waals surface area contributed by atoms with Crippen LogP contribution >= 0.6 is 0 Å². The first-order valence-corrected chi connectivity index (χ1v) is 19.0. The van der Waals surface area contributed by atoms with Crippen molar-refractivity contribution in [1.82, 2.24) is 0 Å². The van der Waals surface area contributed by atoms with Crippen LogP contribution in [0.5, 0.6) is 5.75 Å². The van der Waals surface area contributed by atoms with Gasteiger partial charge >= 0.3 is 0 Å². The van der Waals surface area contributed by atoms with Gasteiger partial charge < -0.3 is 10.1 Å². The van der Waals surface area contributed by atoms with Crippen molar-refractivity contribution < 1.29 is 4.74 Å². The molecule has 0 saturated carbocycles. The van der Waals surface area contributed by atoms with E-state index in [-0.39, 0.29) is 0 Å². The molecule has 0 spiro atoms. The number of benzene rings is 3. The largest absolute Gasteiger partial charge is 0.493 e. The van der Waals surface area contributed by atoms with E-state index in [1.54, 1.807) is 0 Å². The van der Waals surface area contributed by atoms with Crippen molar-refractivity contribution in [1.29, 1.82) is 5.41 Å². The fourth-order valence-electron chi connectivity index (χ4n) is 6.29. The number of rotatable bonds is 24. The second kappa shape index (κ2) is 22.3. The van der Waals surface area contributed by atoms with Crippen molar-refractivity contribution in [2.75, 3.05) is 6.61 Å². The lowest BCUT2D eigenvalue weighted by Crippen LogP contribution is -2.02. The number of nitrogens with zero attached hydrogens (tertiary/aromatic N) is 2. The molecule has 0 saturated heterocycles. The second-order valence-electron chi connectivity index (χ2n) is 13.3. The van der Waals surface area contributed by atoms with Crippen LogP contribution < -0.4 is 4.74 Å². The monoisotopic (exact) mass is 637 g/mol. The van der Waals surface area contributed by atoms with Gasteiger partial charge in [-0.05, 0) is 95.3 Å². The van der Waals surface area contributed by atoms with Gasteiger partial charge in [0.15, 0.2) is 0 Å². The van der Waals surface area contributed by atoms with Crippen molar-refractivity contribution in [2.45, 2.75) is 150 Å². The summed E-state index contributed by atoms with van der Waals surface area (Å²) in [6, 6.07) is 19.0. The predicted molar refractivity (Wildman–Crippen MR) is 204 cm³/mol. The molecule has 0 heterocycles. The SMILES string of the molecule is CCCCCCCCCCCCCCCCOc1ccc(/N=N/c2c(CC)cc(-c3ccc(C=N)cc3)cc2CC)cc1C(C)CC. The molecule has 0 aliphatic carbocycles. The Morgan fingerprint density at radius 2 is 1.19 bits per heavy atom. The molecule has 4 heteroatoms. The topological polar surface area (TPSA) is 57.8 Å². The van der Waals surface area contributed by atoms with Gasteiger partial charge in [-0.25, -0.2) is 0 Å². The average Bonchev–Trinajstić information content (AvgIpc) is 3.11. The smallest absolute Gasteiger partial charge is 0.122 e. The van der Waals surface area contributed by atoms with Crippen LogP contribution in [-0.2, 0) is 12.8 Å². The number of nitrogens with one attached hydrogen (secondary N) is 1. The highest BCUT2D eigenvalue weighted by Crippen LogP contribution is 2.36. The highest BCUT2D eigenvalue weighted by atomic mass is 16.5. The summed E-state index contributed by atoms with van der Waals surface area (Å²) < 4.78 is 6.34. The summed E-state index contributed by atoms with van der Waals surface area (Å²) in [4.78, 5) is 0. The van der Waals surface area contributed by atoms with Gasteiger partial charge in [0.05, 0.1) is 18.0 Å². The number of hydrogen-bond donors (Lipinski definition) is 1. The van der Waals surface area contributed by atoms with E-state index in [0.717, 1.165) is 60.5 Å². The molecule has 3 aromatic rings. The van der Waals surface area contributed by atoms with Gasteiger partial charge in [0.1, 0.15) is 5.75 Å². The van der Waals surface area contributed by atoms with Crippen LogP contribution in [0.3, 0.4) is 0 Å². The molecule has 0 amide bonds. The van der Waals surface area contributed by atoms with Gasteiger partial charge in [0.25, 0.3) is 0 Å². The molecule has 3 aromatic carbocycles. The van der Waals surface area contributed by atoms with E-state index in [1.807, 2.05) is 18.2 Å². The first-order chi connectivity index (χ1) is 23.0. The Hall–Kier alpha value is -3.27. The molecule has 1 unspecified atom stereocenters. The molecule has 1 N–H and O–H groups in total. The molecule has 47 heavy (non-hydrogen) atoms. The van der Waals surface area contributed by atoms with Crippen LogP contribution in [0.2, 0.25) is 0 Å². The summed E-state index contributed by atoms with van der Waals surface area (Å²) in [5, 5.41) is 17.1. The quantitative estimate of drug-likeness (QED) is 0.0593. The standard InChI is InChI=1S/C43H63N3O/c1-6-10-11-12-13-14-15-16-17-18-19-20-21-22-29-47-42-28-27-40(32-41(42)34(5)7-2)45-46-43-36(8-3)30-39(31-37(43)9-4)38-25-23-35(33-44)24-26-38/h23-28,30-34,44H,6-22,29H2,1-5H3/b44-33?,46-45+. The van der Waals surface area contributed by atoms with E-state index in [2.05, 4.69) is 71.0 Å². The number of azo groups is 1. The third-order valence-corrected chi connectivity index (χ3v) is 9.60. The zero-order valence-electron chi connectivity index (χ0n) is 30.4. The van der Waals surface area contributed by atoms with Crippen molar-refractivity contribution >= 4 is 17.6 Å². The summed E-state index contributed by atoms with van der Waals surface area (Å²) in [5.74, 6) is 1.39. The predicted octanol–water partition coefficient (Wildman–Crippen LogP) is 14.3. The molecule has 0 aliphatic rings. The van der Waals surface area contributed by atoms with Crippen molar-refractivity contribution in [3.05, 3.63) is 76.9 Å². The lowest BCUT2D eigenvalue weighted by molar-refractivity contribution is 0.299. The summed E-state index contributed by atoms with van der Waals surface area (Å²) in [6.07, 6.45) is 23.3. The molecule has 0 radical (unpaired) electrons. The van der Waals surface area contributed by atoms with E-state index >= 15 is 0 Å². The number of unbranched alkanes of at least 4 members (excludes halogenated alkanes) is 13. The Balaban J connectivity index is 1.52. The molecular formula is C43H63N3O. The van der Waals surface area contributed by atoms with Crippen LogP contribution in [0.15, 0.2) is 64.8 Å². The Morgan fingerprint density at radius 3 is 1.70 bits per heavy atom. The minimum absolute atomic E-state index is 0.396.